The summed E-state index contributed by atoms with van der Waals surface area (Å²) in [7, 11) is 3.33. The molecule has 2 aromatic carbocycles. The molecule has 1 atom stereocenters. The Labute approximate surface area is 171 Å². The number of para-hydroxylation sites is 1. The molecule has 7 heteroatoms. The summed E-state index contributed by atoms with van der Waals surface area (Å²) in [6.07, 6.45) is -0.195. The summed E-state index contributed by atoms with van der Waals surface area (Å²) in [4.78, 5) is 4.17. The smallest absolute Gasteiger partial charge is 0.191 e. The maximum atomic E-state index is 13.0. The van der Waals surface area contributed by atoms with Crippen molar-refractivity contribution >= 4 is 29.9 Å². The normalized spacial score (nSPS) is 12.0. The molecule has 0 amide bonds. The van der Waals surface area contributed by atoms with E-state index >= 15 is 0 Å². The Morgan fingerprint density at radius 1 is 1.08 bits per heavy atom. The second-order valence-electron chi connectivity index (χ2n) is 5.32. The molecule has 142 valence electrons. The number of aliphatic imine (C=N–C) groups is 1. The van der Waals surface area contributed by atoms with Crippen LogP contribution in [0.15, 0.2) is 59.6 Å². The molecule has 0 saturated carbocycles. The Kier molecular flexibility index (Phi) is 10.6. The first-order valence-electron chi connectivity index (χ1n) is 8.13. The number of halogens is 2. The largest absolute Gasteiger partial charge is 0.492 e. The number of rotatable bonds is 8. The first-order chi connectivity index (χ1) is 12.2. The summed E-state index contributed by atoms with van der Waals surface area (Å²) in [6, 6.07) is 15.9. The van der Waals surface area contributed by atoms with Gasteiger partial charge in [-0.25, -0.2) is 4.39 Å². The molecule has 0 aliphatic rings. The minimum atomic E-state index is -0.262. The van der Waals surface area contributed by atoms with Gasteiger partial charge in [0.25, 0.3) is 0 Å². The first-order valence-corrected chi connectivity index (χ1v) is 8.13. The first kappa shape index (κ1) is 22.2. The Hall–Kier alpha value is -1.87. The second kappa shape index (κ2) is 12.5. The van der Waals surface area contributed by atoms with E-state index in [2.05, 4.69) is 15.6 Å². The number of ether oxygens (including phenoxy) is 2. The number of methoxy groups -OCH3 is 1. The maximum Gasteiger partial charge on any atom is 0.191 e. The van der Waals surface area contributed by atoms with Crippen LogP contribution in [0.5, 0.6) is 5.75 Å². The summed E-state index contributed by atoms with van der Waals surface area (Å²) in [5, 5.41) is 6.37. The van der Waals surface area contributed by atoms with Crippen LogP contribution >= 0.6 is 24.0 Å². The zero-order chi connectivity index (χ0) is 17.9. The van der Waals surface area contributed by atoms with Crippen molar-refractivity contribution in [2.45, 2.75) is 6.10 Å². The third kappa shape index (κ3) is 7.57. The highest BCUT2D eigenvalue weighted by Gasteiger charge is 2.11. The molecule has 0 bridgehead atoms. The van der Waals surface area contributed by atoms with E-state index in [4.69, 9.17) is 9.47 Å². The quantitative estimate of drug-likeness (QED) is 0.267. The van der Waals surface area contributed by atoms with Gasteiger partial charge in [0.2, 0.25) is 0 Å². The minimum Gasteiger partial charge on any atom is -0.492 e. The van der Waals surface area contributed by atoms with E-state index in [-0.39, 0.29) is 35.9 Å². The highest BCUT2D eigenvalue weighted by Crippen LogP contribution is 2.16. The molecule has 0 aromatic heterocycles. The fourth-order valence-corrected chi connectivity index (χ4v) is 2.28. The van der Waals surface area contributed by atoms with Crippen molar-refractivity contribution in [3.05, 3.63) is 66.0 Å². The zero-order valence-electron chi connectivity index (χ0n) is 14.9. The van der Waals surface area contributed by atoms with Crippen LogP contribution in [0.25, 0.3) is 0 Å². The van der Waals surface area contributed by atoms with E-state index in [0.29, 0.717) is 25.7 Å². The third-order valence-electron chi connectivity index (χ3n) is 3.61. The molecular weight excluding hydrogens is 448 g/mol. The van der Waals surface area contributed by atoms with Crippen LogP contribution in [0.3, 0.4) is 0 Å². The SMILES string of the molecule is CN=C(NCCOc1ccccc1)NCC(OC)c1ccc(F)cc1.I. The monoisotopic (exact) mass is 473 g/mol. The van der Waals surface area contributed by atoms with Gasteiger partial charge in [0.1, 0.15) is 18.2 Å². The van der Waals surface area contributed by atoms with Gasteiger partial charge in [0, 0.05) is 20.7 Å². The van der Waals surface area contributed by atoms with Gasteiger partial charge >= 0.3 is 0 Å². The molecule has 0 radical (unpaired) electrons. The van der Waals surface area contributed by atoms with Crippen molar-refractivity contribution in [2.24, 2.45) is 4.99 Å². The minimum absolute atomic E-state index is 0. The average molecular weight is 473 g/mol. The summed E-state index contributed by atoms with van der Waals surface area (Å²) in [5.74, 6) is 1.23. The summed E-state index contributed by atoms with van der Waals surface area (Å²) >= 11 is 0. The van der Waals surface area contributed by atoms with E-state index in [1.165, 1.54) is 12.1 Å². The molecule has 0 fully saturated rings. The van der Waals surface area contributed by atoms with E-state index < -0.39 is 0 Å². The van der Waals surface area contributed by atoms with E-state index in [1.807, 2.05) is 30.3 Å². The van der Waals surface area contributed by atoms with Crippen molar-refractivity contribution in [2.75, 3.05) is 33.9 Å². The Morgan fingerprint density at radius 2 is 1.77 bits per heavy atom. The van der Waals surface area contributed by atoms with Crippen LogP contribution in [-0.2, 0) is 4.74 Å². The standard InChI is InChI=1S/C19H24FN3O2.HI/c1-21-19(22-12-13-25-17-6-4-3-5-7-17)23-14-18(24-2)15-8-10-16(20)11-9-15;/h3-11,18H,12-14H2,1-2H3,(H2,21,22,23);1H. The lowest BCUT2D eigenvalue weighted by molar-refractivity contribution is 0.106. The predicted molar refractivity (Wildman–Crippen MR) is 113 cm³/mol. The second-order valence-corrected chi connectivity index (χ2v) is 5.32. The highest BCUT2D eigenvalue weighted by molar-refractivity contribution is 14.0. The predicted octanol–water partition coefficient (Wildman–Crippen LogP) is 3.38. The Morgan fingerprint density at radius 3 is 2.38 bits per heavy atom. The molecule has 26 heavy (non-hydrogen) atoms. The molecular formula is C19H25FIN3O2. The zero-order valence-corrected chi connectivity index (χ0v) is 17.3. The molecule has 5 nitrogen and oxygen atoms in total. The molecule has 1 unspecified atom stereocenters. The highest BCUT2D eigenvalue weighted by atomic mass is 127. The molecule has 0 aliphatic heterocycles. The molecule has 2 N–H and O–H groups in total. The van der Waals surface area contributed by atoms with Crippen molar-refractivity contribution in [3.8, 4) is 5.75 Å². The van der Waals surface area contributed by atoms with Crippen molar-refractivity contribution in [3.63, 3.8) is 0 Å². The summed E-state index contributed by atoms with van der Waals surface area (Å²) in [5.41, 5.74) is 0.902. The lowest BCUT2D eigenvalue weighted by Crippen LogP contribution is -2.41. The molecule has 0 aliphatic carbocycles. The van der Waals surface area contributed by atoms with Crippen LogP contribution in [0.4, 0.5) is 4.39 Å². The molecule has 0 spiro atoms. The fourth-order valence-electron chi connectivity index (χ4n) is 2.28. The number of nitrogens with one attached hydrogen (secondary N) is 2. The van der Waals surface area contributed by atoms with E-state index in [0.717, 1.165) is 11.3 Å². The lowest BCUT2D eigenvalue weighted by atomic mass is 10.1. The van der Waals surface area contributed by atoms with Gasteiger partial charge in [0.05, 0.1) is 12.6 Å². The van der Waals surface area contributed by atoms with Crippen LogP contribution < -0.4 is 15.4 Å². The van der Waals surface area contributed by atoms with Crippen LogP contribution in [0.1, 0.15) is 11.7 Å². The van der Waals surface area contributed by atoms with Gasteiger partial charge < -0.3 is 20.1 Å². The van der Waals surface area contributed by atoms with Crippen molar-refractivity contribution < 1.29 is 13.9 Å². The molecule has 0 heterocycles. The van der Waals surface area contributed by atoms with Gasteiger partial charge in [-0.1, -0.05) is 30.3 Å². The fraction of sp³-hybridized carbons (Fsp3) is 0.316. The summed E-state index contributed by atoms with van der Waals surface area (Å²) < 4.78 is 24.1. The van der Waals surface area contributed by atoms with Crippen LogP contribution in [0, 0.1) is 5.82 Å². The van der Waals surface area contributed by atoms with Crippen LogP contribution in [0.2, 0.25) is 0 Å². The number of hydrogen-bond donors (Lipinski definition) is 2. The number of nitrogens with zero attached hydrogens (tertiary/aromatic N) is 1. The Balaban J connectivity index is 0.00000338. The van der Waals surface area contributed by atoms with Gasteiger partial charge in [-0.2, -0.15) is 0 Å². The topological polar surface area (TPSA) is 54.9 Å². The van der Waals surface area contributed by atoms with Crippen molar-refractivity contribution in [1.82, 2.24) is 10.6 Å². The van der Waals surface area contributed by atoms with Gasteiger partial charge in [-0.3, -0.25) is 4.99 Å². The lowest BCUT2D eigenvalue weighted by Gasteiger charge is -2.19. The number of benzene rings is 2. The third-order valence-corrected chi connectivity index (χ3v) is 3.61. The average Bonchev–Trinajstić information content (AvgIpc) is 2.66. The van der Waals surface area contributed by atoms with Crippen molar-refractivity contribution in [1.29, 1.82) is 0 Å². The van der Waals surface area contributed by atoms with E-state index in [1.54, 1.807) is 26.3 Å². The van der Waals surface area contributed by atoms with Crippen LogP contribution in [-0.4, -0.2) is 39.8 Å². The Bertz CT molecular complexity index is 654. The number of hydrogen-bond acceptors (Lipinski definition) is 3. The van der Waals surface area contributed by atoms with Gasteiger partial charge in [0.15, 0.2) is 5.96 Å². The maximum absolute atomic E-state index is 13.0. The van der Waals surface area contributed by atoms with E-state index in [9.17, 15) is 4.39 Å². The number of guanidine groups is 1. The molecule has 2 aromatic rings. The van der Waals surface area contributed by atoms with Gasteiger partial charge in [-0.05, 0) is 29.8 Å². The van der Waals surface area contributed by atoms with Gasteiger partial charge in [-0.15, -0.1) is 24.0 Å². The molecule has 2 rings (SSSR count). The molecule has 0 saturated heterocycles. The summed E-state index contributed by atoms with van der Waals surface area (Å²) in [6.45, 7) is 1.65.